The van der Waals surface area contributed by atoms with Gasteiger partial charge < -0.3 is 0 Å². The van der Waals surface area contributed by atoms with Crippen LogP contribution in [0.1, 0.15) is 11.1 Å². The van der Waals surface area contributed by atoms with Gasteiger partial charge in [0.2, 0.25) is 0 Å². The zero-order chi connectivity index (χ0) is 15.1. The maximum atomic E-state index is 6.29. The fourth-order valence-electron chi connectivity index (χ4n) is 2.22. The Hall–Kier alpha value is -1.35. The summed E-state index contributed by atoms with van der Waals surface area (Å²) in [5, 5.41) is 1.89. The van der Waals surface area contributed by atoms with E-state index in [9.17, 15) is 0 Å². The van der Waals surface area contributed by atoms with Crippen molar-refractivity contribution in [2.45, 2.75) is 13.8 Å². The predicted molar refractivity (Wildman–Crippen MR) is 89.5 cm³/mol. The van der Waals surface area contributed by atoms with Crippen molar-refractivity contribution in [1.82, 2.24) is 9.97 Å². The number of aryl methyl sites for hydroxylation is 2. The Morgan fingerprint density at radius 2 is 1.57 bits per heavy atom. The molecule has 3 rings (SSSR count). The zero-order valence-corrected chi connectivity index (χ0v) is 13.7. The number of rotatable bonds is 1. The van der Waals surface area contributed by atoms with Crippen LogP contribution in [-0.4, -0.2) is 9.97 Å². The second kappa shape index (κ2) is 5.45. The summed E-state index contributed by atoms with van der Waals surface area (Å²) in [6, 6.07) is 9.52. The molecule has 0 aliphatic heterocycles. The average molecular weight is 338 g/mol. The number of halogens is 3. The monoisotopic (exact) mass is 336 g/mol. The van der Waals surface area contributed by atoms with Crippen LogP contribution in [0.2, 0.25) is 15.2 Å². The highest BCUT2D eigenvalue weighted by molar-refractivity contribution is 6.44. The summed E-state index contributed by atoms with van der Waals surface area (Å²) in [6.45, 7) is 4.03. The topological polar surface area (TPSA) is 25.8 Å². The van der Waals surface area contributed by atoms with E-state index in [2.05, 4.69) is 9.97 Å². The first-order chi connectivity index (χ1) is 9.97. The van der Waals surface area contributed by atoms with Gasteiger partial charge in [-0.3, -0.25) is 0 Å². The first kappa shape index (κ1) is 14.6. The lowest BCUT2D eigenvalue weighted by Gasteiger charge is -2.10. The third-order valence-electron chi connectivity index (χ3n) is 3.34. The molecule has 0 aliphatic carbocycles. The molecule has 0 atom stereocenters. The zero-order valence-electron chi connectivity index (χ0n) is 11.4. The van der Waals surface area contributed by atoms with Crippen molar-refractivity contribution in [3.63, 3.8) is 0 Å². The van der Waals surface area contributed by atoms with Gasteiger partial charge in [-0.15, -0.1) is 0 Å². The normalized spacial score (nSPS) is 11.1. The van der Waals surface area contributed by atoms with E-state index in [0.29, 0.717) is 31.9 Å². The molecule has 0 unspecified atom stereocenters. The van der Waals surface area contributed by atoms with Crippen LogP contribution in [0, 0.1) is 13.8 Å². The van der Waals surface area contributed by atoms with Crippen molar-refractivity contribution >= 4 is 45.7 Å². The molecule has 21 heavy (non-hydrogen) atoms. The molecule has 1 aromatic heterocycles. The molecule has 2 nitrogen and oxygen atoms in total. The van der Waals surface area contributed by atoms with Crippen LogP contribution in [0.5, 0.6) is 0 Å². The number of fused-ring (bicyclic) bond motifs is 1. The van der Waals surface area contributed by atoms with Gasteiger partial charge in [0, 0.05) is 5.56 Å². The van der Waals surface area contributed by atoms with E-state index < -0.39 is 0 Å². The van der Waals surface area contributed by atoms with Gasteiger partial charge in [-0.2, -0.15) is 0 Å². The summed E-state index contributed by atoms with van der Waals surface area (Å²) in [5.74, 6) is 0.554. The lowest BCUT2D eigenvalue weighted by Crippen LogP contribution is -1.95. The molecular formula is C16H11Cl3N2. The summed E-state index contributed by atoms with van der Waals surface area (Å²) in [7, 11) is 0. The first-order valence-electron chi connectivity index (χ1n) is 6.36. The summed E-state index contributed by atoms with van der Waals surface area (Å²) in [5.41, 5.74) is 3.72. The molecule has 1 heterocycles. The SMILES string of the molecule is Cc1ccc(C)c(-c2nc(Cl)c3c(Cl)ccc(Cl)c3n2)c1. The molecule has 5 heteroatoms. The highest BCUT2D eigenvalue weighted by Gasteiger charge is 2.14. The minimum Gasteiger partial charge on any atom is -0.226 e. The number of nitrogens with zero attached hydrogens (tertiary/aromatic N) is 2. The Labute approximate surface area is 137 Å². The largest absolute Gasteiger partial charge is 0.226 e. The maximum absolute atomic E-state index is 6.29. The fourth-order valence-corrected chi connectivity index (χ4v) is 2.99. The highest BCUT2D eigenvalue weighted by Crippen LogP contribution is 2.34. The summed E-state index contributed by atoms with van der Waals surface area (Å²) in [4.78, 5) is 8.94. The lowest BCUT2D eigenvalue weighted by atomic mass is 10.0. The van der Waals surface area contributed by atoms with Crippen molar-refractivity contribution in [2.24, 2.45) is 0 Å². The molecule has 0 radical (unpaired) electrons. The Balaban J connectivity index is 2.35. The van der Waals surface area contributed by atoms with Crippen LogP contribution in [0.3, 0.4) is 0 Å². The molecule has 0 fully saturated rings. The third kappa shape index (κ3) is 2.59. The second-order valence-corrected chi connectivity index (χ2v) is 6.08. The minimum absolute atomic E-state index is 0.309. The minimum atomic E-state index is 0.309. The molecule has 0 saturated heterocycles. The average Bonchev–Trinajstić information content (AvgIpc) is 2.45. The van der Waals surface area contributed by atoms with E-state index in [0.717, 1.165) is 16.7 Å². The van der Waals surface area contributed by atoms with E-state index in [1.165, 1.54) is 0 Å². The Morgan fingerprint density at radius 3 is 2.33 bits per heavy atom. The molecule has 2 aromatic carbocycles. The molecular weight excluding hydrogens is 327 g/mol. The first-order valence-corrected chi connectivity index (χ1v) is 7.49. The van der Waals surface area contributed by atoms with E-state index in [1.54, 1.807) is 12.1 Å². The van der Waals surface area contributed by atoms with Crippen molar-refractivity contribution < 1.29 is 0 Å². The number of aromatic nitrogens is 2. The van der Waals surface area contributed by atoms with Crippen LogP contribution < -0.4 is 0 Å². The van der Waals surface area contributed by atoms with Gasteiger partial charge >= 0.3 is 0 Å². The van der Waals surface area contributed by atoms with Gasteiger partial charge in [0.15, 0.2) is 5.82 Å². The number of hydrogen-bond acceptors (Lipinski definition) is 2. The van der Waals surface area contributed by atoms with E-state index in [4.69, 9.17) is 34.8 Å². The van der Waals surface area contributed by atoms with E-state index in [1.807, 2.05) is 32.0 Å². The molecule has 0 spiro atoms. The van der Waals surface area contributed by atoms with Crippen molar-refractivity contribution in [2.75, 3.05) is 0 Å². The molecule has 0 aliphatic rings. The highest BCUT2D eigenvalue weighted by atomic mass is 35.5. The summed E-state index contributed by atoms with van der Waals surface area (Å²) < 4.78 is 0. The lowest BCUT2D eigenvalue weighted by molar-refractivity contribution is 1.21. The molecule has 106 valence electrons. The molecule has 0 bridgehead atoms. The van der Waals surface area contributed by atoms with Crippen LogP contribution >= 0.6 is 34.8 Å². The number of benzene rings is 2. The smallest absolute Gasteiger partial charge is 0.161 e. The van der Waals surface area contributed by atoms with Gasteiger partial charge in [-0.1, -0.05) is 52.5 Å². The number of hydrogen-bond donors (Lipinski definition) is 0. The Kier molecular flexibility index (Phi) is 3.78. The third-order valence-corrected chi connectivity index (χ3v) is 4.23. The van der Waals surface area contributed by atoms with Gasteiger partial charge in [0.25, 0.3) is 0 Å². The van der Waals surface area contributed by atoms with Gasteiger partial charge in [-0.05, 0) is 37.6 Å². The Morgan fingerprint density at radius 1 is 0.857 bits per heavy atom. The van der Waals surface area contributed by atoms with E-state index in [-0.39, 0.29) is 0 Å². The molecule has 3 aromatic rings. The van der Waals surface area contributed by atoms with Crippen LogP contribution in [-0.2, 0) is 0 Å². The van der Waals surface area contributed by atoms with Crippen molar-refractivity contribution in [1.29, 1.82) is 0 Å². The molecule has 0 amide bonds. The molecule has 0 saturated carbocycles. The van der Waals surface area contributed by atoms with Crippen molar-refractivity contribution in [3.8, 4) is 11.4 Å². The maximum Gasteiger partial charge on any atom is 0.161 e. The second-order valence-electron chi connectivity index (χ2n) is 4.91. The summed E-state index contributed by atoms with van der Waals surface area (Å²) in [6.07, 6.45) is 0. The summed E-state index contributed by atoms with van der Waals surface area (Å²) >= 11 is 18.7. The predicted octanol–water partition coefficient (Wildman–Crippen LogP) is 5.87. The quantitative estimate of drug-likeness (QED) is 0.519. The van der Waals surface area contributed by atoms with E-state index >= 15 is 0 Å². The van der Waals surface area contributed by atoms with Gasteiger partial charge in [-0.25, -0.2) is 9.97 Å². The standard InChI is InChI=1S/C16H11Cl3N2/c1-8-3-4-9(2)10(7-8)16-20-14-12(18)6-5-11(17)13(14)15(19)21-16/h3-7H,1-2H3. The molecule has 0 N–H and O–H groups in total. The van der Waals surface area contributed by atoms with Gasteiger partial charge in [0.1, 0.15) is 5.15 Å². The van der Waals surface area contributed by atoms with Crippen LogP contribution in [0.25, 0.3) is 22.3 Å². The van der Waals surface area contributed by atoms with Crippen molar-refractivity contribution in [3.05, 3.63) is 56.7 Å². The Bertz CT molecular complexity index is 860. The van der Waals surface area contributed by atoms with Gasteiger partial charge in [0.05, 0.1) is 20.9 Å². The van der Waals surface area contributed by atoms with Crippen LogP contribution in [0.15, 0.2) is 30.3 Å². The fraction of sp³-hybridized carbons (Fsp3) is 0.125. The van der Waals surface area contributed by atoms with Crippen LogP contribution in [0.4, 0.5) is 0 Å².